The third kappa shape index (κ3) is 17.3. The van der Waals surface area contributed by atoms with Gasteiger partial charge in [0.25, 0.3) is 0 Å². The Morgan fingerprint density at radius 2 is 1.64 bits per heavy atom. The fourth-order valence-corrected chi connectivity index (χ4v) is 0.693. The zero-order chi connectivity index (χ0) is 11.1. The molecule has 0 N–H and O–H groups in total. The molecule has 0 saturated carbocycles. The summed E-state index contributed by atoms with van der Waals surface area (Å²) in [5, 5.41) is 0. The van der Waals surface area contributed by atoms with Crippen LogP contribution in [0.15, 0.2) is 17.7 Å². The molecule has 0 aromatic carbocycles. The largest absolute Gasteiger partial charge is 0.545 e. The van der Waals surface area contributed by atoms with Gasteiger partial charge in [-0.2, -0.15) is 6.08 Å². The van der Waals surface area contributed by atoms with Crippen molar-refractivity contribution in [2.24, 2.45) is 0 Å². The van der Waals surface area contributed by atoms with E-state index in [1.165, 1.54) is 5.57 Å². The van der Waals surface area contributed by atoms with E-state index in [9.17, 15) is 0 Å². The number of rotatable bonds is 1. The van der Waals surface area contributed by atoms with Gasteiger partial charge in [0.05, 0.1) is 0 Å². The van der Waals surface area contributed by atoms with Crippen LogP contribution in [0.25, 0.3) is 0 Å². The molecule has 0 radical (unpaired) electrons. The van der Waals surface area contributed by atoms with Gasteiger partial charge in [0, 0.05) is 21.1 Å². The Bertz CT molecular complexity index is 151. The number of carbonyl (C=O) groups excluding carboxylic acids is 3. The topological polar surface area (TPSA) is 51.2 Å². The Morgan fingerprint density at radius 3 is 1.79 bits per heavy atom. The number of hydrogen-bond acceptors (Lipinski definition) is 3. The predicted octanol–water partition coefficient (Wildman–Crippen LogP) is 1.26. The quantitative estimate of drug-likeness (QED) is 0.520. The van der Waals surface area contributed by atoms with E-state index < -0.39 is 0 Å². The van der Waals surface area contributed by atoms with Crippen LogP contribution in [0.4, 0.5) is 0 Å². The van der Waals surface area contributed by atoms with Gasteiger partial charge in [-0.15, -0.1) is 6.42 Å². The summed E-state index contributed by atoms with van der Waals surface area (Å²) in [5.41, 5.74) is 1.36. The zero-order valence-electron chi connectivity index (χ0n) is 7.93. The Balaban J connectivity index is -0.0000000625. The van der Waals surface area contributed by atoms with Crippen LogP contribution in [-0.4, -0.2) is 20.4 Å². The molecule has 0 unspecified atom stereocenters. The maximum Gasteiger partial charge on any atom is 0 e. The monoisotopic (exact) mass is 364 g/mol. The summed E-state index contributed by atoms with van der Waals surface area (Å²) < 4.78 is 0. The molecular weight excluding hydrogens is 352 g/mol. The third-order valence-electron chi connectivity index (χ3n) is 1.15. The van der Waals surface area contributed by atoms with Gasteiger partial charge in [0.2, 0.25) is 0 Å². The second-order valence-corrected chi connectivity index (χ2v) is 1.66. The summed E-state index contributed by atoms with van der Waals surface area (Å²) >= 11 is 0. The van der Waals surface area contributed by atoms with Gasteiger partial charge < -0.3 is 14.4 Å². The van der Waals surface area contributed by atoms with Crippen LogP contribution in [0.5, 0.6) is 0 Å². The summed E-state index contributed by atoms with van der Waals surface area (Å²) in [7, 11) is 0. The van der Waals surface area contributed by atoms with Crippen molar-refractivity contribution in [3.05, 3.63) is 23.8 Å². The molecule has 1 aliphatic carbocycles. The normalized spacial score (nSPS) is 9.64. The smallest absolute Gasteiger partial charge is 0 e. The molecule has 0 atom stereocenters. The van der Waals surface area contributed by atoms with E-state index in [1.807, 2.05) is 0 Å². The van der Waals surface area contributed by atoms with E-state index in [0.29, 0.717) is 0 Å². The van der Waals surface area contributed by atoms with Crippen molar-refractivity contribution in [3.8, 4) is 0 Å². The van der Waals surface area contributed by atoms with E-state index in [4.69, 9.17) is 14.4 Å². The second-order valence-electron chi connectivity index (χ2n) is 1.66. The minimum absolute atomic E-state index is 0. The van der Waals surface area contributed by atoms with E-state index in [2.05, 4.69) is 45.5 Å². The van der Waals surface area contributed by atoms with Gasteiger partial charge in [-0.05, 0) is 0 Å². The SMILES string of the molecule is CCC1=[C-]CC=C1.[CH-]=O.[CH-]=O.[CH-]=O.[W]. The number of hydrogen-bond donors (Lipinski definition) is 0. The van der Waals surface area contributed by atoms with Gasteiger partial charge in [0.15, 0.2) is 0 Å². The molecule has 0 spiro atoms. The van der Waals surface area contributed by atoms with Crippen molar-refractivity contribution < 1.29 is 35.4 Å². The Hall–Kier alpha value is -0.822. The first-order valence-electron chi connectivity index (χ1n) is 3.40. The molecule has 0 aromatic rings. The summed E-state index contributed by atoms with van der Waals surface area (Å²) in [6.45, 7) is 11.9. The van der Waals surface area contributed by atoms with E-state index in [0.717, 1.165) is 12.8 Å². The fourth-order valence-electron chi connectivity index (χ4n) is 0.693. The molecule has 0 amide bonds. The Morgan fingerprint density at radius 1 is 1.21 bits per heavy atom. The van der Waals surface area contributed by atoms with Gasteiger partial charge in [-0.1, -0.05) is 13.3 Å². The zero-order valence-corrected chi connectivity index (χ0v) is 10.9. The first-order chi connectivity index (χ1) is 6.43. The van der Waals surface area contributed by atoms with Gasteiger partial charge >= 0.3 is 0 Å². The maximum absolute atomic E-state index is 7.75. The van der Waals surface area contributed by atoms with E-state index in [-0.39, 0.29) is 21.1 Å². The van der Waals surface area contributed by atoms with Gasteiger partial charge in [-0.3, -0.25) is 26.4 Å². The van der Waals surface area contributed by atoms with Crippen LogP contribution in [0.2, 0.25) is 0 Å². The molecular formula is C10H12O3W-4. The van der Waals surface area contributed by atoms with Gasteiger partial charge in [-0.25, -0.2) is 11.6 Å². The van der Waals surface area contributed by atoms with Crippen LogP contribution in [0, 0.1) is 6.08 Å². The second kappa shape index (κ2) is 29.5. The summed E-state index contributed by atoms with van der Waals surface area (Å²) in [4.78, 5) is 23.2. The Labute approximate surface area is 99.5 Å². The number of allylic oxidation sites excluding steroid dienone is 4. The first kappa shape index (κ1) is 23.2. The molecule has 1 rings (SSSR count). The Kier molecular flexibility index (Phi) is 48.9. The first-order valence-corrected chi connectivity index (χ1v) is 3.40. The predicted molar refractivity (Wildman–Crippen MR) is 51.1 cm³/mol. The van der Waals surface area contributed by atoms with Crippen molar-refractivity contribution in [2.75, 3.05) is 0 Å². The van der Waals surface area contributed by atoms with Crippen LogP contribution >= 0.6 is 0 Å². The van der Waals surface area contributed by atoms with Gasteiger partial charge in [0.1, 0.15) is 0 Å². The molecule has 0 aliphatic heterocycles. The molecule has 1 aliphatic rings. The van der Waals surface area contributed by atoms with Crippen molar-refractivity contribution in [3.63, 3.8) is 0 Å². The average molecular weight is 364 g/mol. The molecule has 80 valence electrons. The molecule has 0 heterocycles. The molecule has 0 fully saturated rings. The standard InChI is InChI=1S/C7H9.3CHO.W/c1-2-7-5-3-4-6-7;3*1-2;/h3,5H,2,4H2,1H3;3*1H;/q4*-1;. The molecule has 0 bridgehead atoms. The van der Waals surface area contributed by atoms with Crippen molar-refractivity contribution in [1.29, 1.82) is 0 Å². The summed E-state index contributed by atoms with van der Waals surface area (Å²) in [6.07, 6.45) is 9.65. The van der Waals surface area contributed by atoms with Crippen molar-refractivity contribution >= 4 is 20.4 Å². The minimum atomic E-state index is 0. The third-order valence-corrected chi connectivity index (χ3v) is 1.15. The summed E-state index contributed by atoms with van der Waals surface area (Å²) in [5.74, 6) is 0. The molecule has 14 heavy (non-hydrogen) atoms. The van der Waals surface area contributed by atoms with E-state index >= 15 is 0 Å². The van der Waals surface area contributed by atoms with Crippen LogP contribution in [0.1, 0.15) is 19.8 Å². The molecule has 4 heteroatoms. The fraction of sp³-hybridized carbons (Fsp3) is 0.300. The molecule has 0 saturated heterocycles. The van der Waals surface area contributed by atoms with Crippen molar-refractivity contribution in [2.45, 2.75) is 19.8 Å². The molecule has 3 nitrogen and oxygen atoms in total. The molecule has 0 aromatic heterocycles. The van der Waals surface area contributed by atoms with Crippen LogP contribution < -0.4 is 0 Å². The summed E-state index contributed by atoms with van der Waals surface area (Å²) in [6, 6.07) is 0. The van der Waals surface area contributed by atoms with Crippen molar-refractivity contribution in [1.82, 2.24) is 0 Å². The van der Waals surface area contributed by atoms with E-state index in [1.54, 1.807) is 0 Å². The van der Waals surface area contributed by atoms with Crippen LogP contribution in [0.3, 0.4) is 0 Å². The average Bonchev–Trinajstić information content (AvgIpc) is 2.79. The maximum atomic E-state index is 7.75. The minimum Gasteiger partial charge on any atom is -0.545 e. The van der Waals surface area contributed by atoms with Crippen LogP contribution in [-0.2, 0) is 35.4 Å².